The SMILES string of the molecule is CCCCC(=O)NCCn1ncc2c(N3CCCC3)nc(SCC)nc21. The van der Waals surface area contributed by atoms with Gasteiger partial charge in [-0.25, -0.2) is 14.6 Å². The number of rotatable bonds is 9. The van der Waals surface area contributed by atoms with E-state index in [0.717, 1.165) is 53.7 Å². The number of anilines is 1. The molecule has 1 aliphatic rings. The number of thioether (sulfide) groups is 1. The smallest absolute Gasteiger partial charge is 0.220 e. The Kier molecular flexibility index (Phi) is 6.71. The average Bonchev–Trinajstić information content (AvgIpc) is 3.30. The van der Waals surface area contributed by atoms with E-state index in [4.69, 9.17) is 9.97 Å². The standard InChI is InChI=1S/C18H28N6OS/c1-3-5-8-15(25)19-9-12-24-17-14(13-20-24)16(23-10-6-7-11-23)21-18(22-17)26-4-2/h13H,3-12H2,1-2H3,(H,19,25). The summed E-state index contributed by atoms with van der Waals surface area (Å²) in [7, 11) is 0. The number of hydrogen-bond donors (Lipinski definition) is 1. The molecule has 8 heteroatoms. The van der Waals surface area contributed by atoms with Gasteiger partial charge in [0.1, 0.15) is 5.82 Å². The third-order valence-electron chi connectivity index (χ3n) is 4.54. The summed E-state index contributed by atoms with van der Waals surface area (Å²) in [5.74, 6) is 2.05. The van der Waals surface area contributed by atoms with Crippen LogP contribution in [0.25, 0.3) is 11.0 Å². The van der Waals surface area contributed by atoms with Crippen molar-refractivity contribution in [2.45, 2.75) is 57.7 Å². The van der Waals surface area contributed by atoms with Crippen molar-refractivity contribution >= 4 is 34.5 Å². The van der Waals surface area contributed by atoms with E-state index in [1.807, 2.05) is 10.9 Å². The monoisotopic (exact) mass is 376 g/mol. The number of amides is 1. The van der Waals surface area contributed by atoms with Crippen molar-refractivity contribution in [3.05, 3.63) is 6.20 Å². The van der Waals surface area contributed by atoms with Crippen LogP contribution in [-0.4, -0.2) is 51.0 Å². The van der Waals surface area contributed by atoms with Gasteiger partial charge in [-0.3, -0.25) is 4.79 Å². The highest BCUT2D eigenvalue weighted by Gasteiger charge is 2.20. The van der Waals surface area contributed by atoms with Gasteiger partial charge in [0.2, 0.25) is 5.91 Å². The van der Waals surface area contributed by atoms with Gasteiger partial charge >= 0.3 is 0 Å². The summed E-state index contributed by atoms with van der Waals surface area (Å²) in [6.45, 7) is 7.47. The van der Waals surface area contributed by atoms with Crippen LogP contribution in [0.4, 0.5) is 5.82 Å². The predicted molar refractivity (Wildman–Crippen MR) is 106 cm³/mol. The molecule has 0 radical (unpaired) electrons. The first-order valence-electron chi connectivity index (χ1n) is 9.61. The van der Waals surface area contributed by atoms with Crippen molar-refractivity contribution in [2.75, 3.05) is 30.3 Å². The third kappa shape index (κ3) is 4.47. The molecule has 2 aromatic rings. The lowest BCUT2D eigenvalue weighted by Crippen LogP contribution is -2.27. The molecule has 0 atom stereocenters. The maximum Gasteiger partial charge on any atom is 0.220 e. The van der Waals surface area contributed by atoms with Crippen molar-refractivity contribution in [2.24, 2.45) is 0 Å². The third-order valence-corrected chi connectivity index (χ3v) is 5.27. The Balaban J connectivity index is 1.77. The van der Waals surface area contributed by atoms with E-state index in [0.29, 0.717) is 19.5 Å². The zero-order valence-electron chi connectivity index (χ0n) is 15.7. The number of carbonyl (C=O) groups is 1. The Hall–Kier alpha value is -1.83. The summed E-state index contributed by atoms with van der Waals surface area (Å²) in [6.07, 6.45) is 6.84. The largest absolute Gasteiger partial charge is 0.356 e. The van der Waals surface area contributed by atoms with Gasteiger partial charge in [0.15, 0.2) is 10.8 Å². The molecule has 1 fully saturated rings. The fraction of sp³-hybridized carbons (Fsp3) is 0.667. The van der Waals surface area contributed by atoms with Gasteiger partial charge in [0, 0.05) is 26.1 Å². The number of nitrogens with zero attached hydrogens (tertiary/aromatic N) is 5. The van der Waals surface area contributed by atoms with E-state index in [-0.39, 0.29) is 5.91 Å². The van der Waals surface area contributed by atoms with Gasteiger partial charge in [0.25, 0.3) is 0 Å². The minimum atomic E-state index is 0.109. The minimum Gasteiger partial charge on any atom is -0.356 e. The van der Waals surface area contributed by atoms with E-state index < -0.39 is 0 Å². The number of nitrogens with one attached hydrogen (secondary N) is 1. The lowest BCUT2D eigenvalue weighted by Gasteiger charge is -2.17. The zero-order chi connectivity index (χ0) is 18.4. The number of aromatic nitrogens is 4. The van der Waals surface area contributed by atoms with Crippen LogP contribution < -0.4 is 10.2 Å². The second-order valence-corrected chi connectivity index (χ2v) is 7.75. The van der Waals surface area contributed by atoms with Crippen molar-refractivity contribution < 1.29 is 4.79 Å². The highest BCUT2D eigenvalue weighted by atomic mass is 32.2. The highest BCUT2D eigenvalue weighted by Crippen LogP contribution is 2.29. The first-order valence-corrected chi connectivity index (χ1v) is 10.6. The molecule has 0 spiro atoms. The van der Waals surface area contributed by atoms with Crippen molar-refractivity contribution in [3.8, 4) is 0 Å². The molecular weight excluding hydrogens is 348 g/mol. The Labute approximate surface area is 158 Å². The van der Waals surface area contributed by atoms with Crippen LogP contribution in [0.5, 0.6) is 0 Å². The number of hydrogen-bond acceptors (Lipinski definition) is 6. The Bertz CT molecular complexity index is 741. The van der Waals surface area contributed by atoms with E-state index in [2.05, 4.69) is 29.2 Å². The molecule has 142 valence electrons. The fourth-order valence-corrected chi connectivity index (χ4v) is 3.74. The molecule has 26 heavy (non-hydrogen) atoms. The van der Waals surface area contributed by atoms with E-state index in [1.54, 1.807) is 11.8 Å². The van der Waals surface area contributed by atoms with Crippen LogP contribution in [0.1, 0.15) is 46.0 Å². The summed E-state index contributed by atoms with van der Waals surface area (Å²) in [6, 6.07) is 0. The second kappa shape index (κ2) is 9.21. The number of fused-ring (bicyclic) bond motifs is 1. The Morgan fingerprint density at radius 1 is 1.27 bits per heavy atom. The van der Waals surface area contributed by atoms with E-state index >= 15 is 0 Å². The van der Waals surface area contributed by atoms with Gasteiger partial charge in [-0.05, 0) is 25.0 Å². The molecule has 0 saturated carbocycles. The normalized spacial score (nSPS) is 14.3. The van der Waals surface area contributed by atoms with Crippen LogP contribution in [-0.2, 0) is 11.3 Å². The number of unbranched alkanes of at least 4 members (excludes halogenated alkanes) is 1. The zero-order valence-corrected chi connectivity index (χ0v) is 16.5. The molecule has 0 aromatic carbocycles. The van der Waals surface area contributed by atoms with Crippen molar-refractivity contribution in [1.29, 1.82) is 0 Å². The van der Waals surface area contributed by atoms with Crippen molar-refractivity contribution in [3.63, 3.8) is 0 Å². The van der Waals surface area contributed by atoms with Gasteiger partial charge in [-0.2, -0.15) is 5.10 Å². The molecule has 3 heterocycles. The van der Waals surface area contributed by atoms with Crippen LogP contribution in [0.3, 0.4) is 0 Å². The second-order valence-electron chi connectivity index (χ2n) is 6.52. The first-order chi connectivity index (χ1) is 12.7. The lowest BCUT2D eigenvalue weighted by molar-refractivity contribution is -0.121. The molecule has 1 aliphatic heterocycles. The van der Waals surface area contributed by atoms with Crippen LogP contribution >= 0.6 is 11.8 Å². The molecule has 1 saturated heterocycles. The molecule has 1 N–H and O–H groups in total. The van der Waals surface area contributed by atoms with Crippen molar-refractivity contribution in [1.82, 2.24) is 25.1 Å². The number of carbonyl (C=O) groups excluding carboxylic acids is 1. The summed E-state index contributed by atoms with van der Waals surface area (Å²) in [5, 5.41) is 9.29. The maximum absolute atomic E-state index is 11.8. The van der Waals surface area contributed by atoms with Crippen LogP contribution in [0.15, 0.2) is 11.4 Å². The molecule has 3 rings (SSSR count). The molecule has 0 aliphatic carbocycles. The maximum atomic E-state index is 11.8. The predicted octanol–water partition coefficient (Wildman–Crippen LogP) is 2.84. The molecule has 1 amide bonds. The fourth-order valence-electron chi connectivity index (χ4n) is 3.18. The quantitative estimate of drug-likeness (QED) is 0.536. The van der Waals surface area contributed by atoms with E-state index in [1.165, 1.54) is 12.8 Å². The molecule has 0 unspecified atom stereocenters. The van der Waals surface area contributed by atoms with Gasteiger partial charge in [0.05, 0.1) is 18.1 Å². The van der Waals surface area contributed by atoms with Gasteiger partial charge < -0.3 is 10.2 Å². The van der Waals surface area contributed by atoms with Gasteiger partial charge in [-0.1, -0.05) is 32.0 Å². The lowest BCUT2D eigenvalue weighted by atomic mass is 10.2. The van der Waals surface area contributed by atoms with Crippen LogP contribution in [0.2, 0.25) is 0 Å². The Morgan fingerprint density at radius 2 is 2.08 bits per heavy atom. The summed E-state index contributed by atoms with van der Waals surface area (Å²) >= 11 is 1.65. The highest BCUT2D eigenvalue weighted by molar-refractivity contribution is 7.99. The van der Waals surface area contributed by atoms with E-state index in [9.17, 15) is 4.79 Å². The topological polar surface area (TPSA) is 75.9 Å². The summed E-state index contributed by atoms with van der Waals surface area (Å²) < 4.78 is 1.89. The van der Waals surface area contributed by atoms with Gasteiger partial charge in [-0.15, -0.1) is 0 Å². The minimum absolute atomic E-state index is 0.109. The Morgan fingerprint density at radius 3 is 2.81 bits per heavy atom. The molecular formula is C18H28N6OS. The molecule has 0 bridgehead atoms. The molecule has 7 nitrogen and oxygen atoms in total. The van der Waals surface area contributed by atoms with Crippen LogP contribution in [0, 0.1) is 0 Å². The molecule has 2 aromatic heterocycles. The first kappa shape index (κ1) is 18.9. The summed E-state index contributed by atoms with van der Waals surface area (Å²) in [5.41, 5.74) is 0.862. The summed E-state index contributed by atoms with van der Waals surface area (Å²) in [4.78, 5) is 23.6. The average molecular weight is 377 g/mol.